The van der Waals surface area contributed by atoms with E-state index < -0.39 is 0 Å². The lowest BCUT2D eigenvalue weighted by atomic mass is 9.94. The van der Waals surface area contributed by atoms with Crippen LogP contribution in [0.5, 0.6) is 0 Å². The topological polar surface area (TPSA) is 29.0 Å². The summed E-state index contributed by atoms with van der Waals surface area (Å²) in [6.07, 6.45) is 4.51. The molecule has 0 fully saturated rings. The second kappa shape index (κ2) is 10.0. The smallest absolute Gasteiger partial charge is 0.132 e. The Bertz CT molecular complexity index is 780. The van der Waals surface area contributed by atoms with Crippen molar-refractivity contribution in [2.24, 2.45) is 5.92 Å². The van der Waals surface area contributed by atoms with Gasteiger partial charge in [0.15, 0.2) is 0 Å². The molecule has 2 aromatic heterocycles. The van der Waals surface area contributed by atoms with Crippen molar-refractivity contribution in [3.05, 3.63) is 40.7 Å². The fraction of sp³-hybridized carbons (Fsp3) is 0.600. The molecule has 0 aliphatic rings. The van der Waals surface area contributed by atoms with Gasteiger partial charge in [0.05, 0.1) is 5.69 Å². The van der Waals surface area contributed by atoms with Gasteiger partial charge in [0, 0.05) is 30.5 Å². The van der Waals surface area contributed by atoms with Crippen LogP contribution in [0.25, 0.3) is 11.3 Å². The van der Waals surface area contributed by atoms with Crippen LogP contribution >= 0.6 is 0 Å². The summed E-state index contributed by atoms with van der Waals surface area (Å²) in [5.41, 5.74) is 7.20. The average molecular weight is 382 g/mol. The maximum Gasteiger partial charge on any atom is 0.132 e. The van der Waals surface area contributed by atoms with Crippen molar-refractivity contribution in [2.75, 3.05) is 18.5 Å². The van der Waals surface area contributed by atoms with E-state index in [1.165, 1.54) is 29.5 Å². The molecule has 1 unspecified atom stereocenters. The molecule has 2 aromatic rings. The number of anilines is 1. The van der Waals surface area contributed by atoms with Gasteiger partial charge in [-0.1, -0.05) is 53.5 Å². The zero-order chi connectivity index (χ0) is 20.8. The van der Waals surface area contributed by atoms with Crippen molar-refractivity contribution in [1.82, 2.24) is 9.97 Å². The number of aryl methyl sites for hydroxylation is 2. The largest absolute Gasteiger partial charge is 0.360 e. The zero-order valence-corrected chi connectivity index (χ0v) is 19.3. The van der Waals surface area contributed by atoms with Gasteiger partial charge >= 0.3 is 0 Å². The van der Waals surface area contributed by atoms with Crippen molar-refractivity contribution < 1.29 is 0 Å². The fourth-order valence-electron chi connectivity index (χ4n) is 3.86. The summed E-state index contributed by atoms with van der Waals surface area (Å²) in [6.45, 7) is 16.5. The van der Waals surface area contributed by atoms with Crippen LogP contribution in [0.1, 0.15) is 82.8 Å². The molecule has 0 saturated heterocycles. The lowest BCUT2D eigenvalue weighted by Gasteiger charge is -2.24. The van der Waals surface area contributed by atoms with E-state index in [2.05, 4.69) is 78.6 Å². The zero-order valence-electron chi connectivity index (χ0n) is 19.3. The Balaban J connectivity index is 2.57. The molecule has 3 nitrogen and oxygen atoms in total. The maximum absolute atomic E-state index is 5.20. The van der Waals surface area contributed by atoms with Crippen molar-refractivity contribution >= 4 is 5.82 Å². The molecule has 2 rings (SSSR count). The van der Waals surface area contributed by atoms with Crippen LogP contribution in [0, 0.1) is 12.8 Å². The molecule has 1 atom stereocenters. The highest BCUT2D eigenvalue weighted by Crippen LogP contribution is 2.32. The first kappa shape index (κ1) is 22.4. The number of rotatable bonds is 9. The van der Waals surface area contributed by atoms with Crippen LogP contribution in [0.3, 0.4) is 0 Å². The predicted molar refractivity (Wildman–Crippen MR) is 122 cm³/mol. The molecule has 0 aliphatic heterocycles. The Kier molecular flexibility index (Phi) is 8.03. The van der Waals surface area contributed by atoms with Gasteiger partial charge in [-0.05, 0) is 61.8 Å². The first-order valence-corrected chi connectivity index (χ1v) is 11.0. The second-order valence-corrected chi connectivity index (χ2v) is 8.49. The molecule has 28 heavy (non-hydrogen) atoms. The molecule has 0 saturated carbocycles. The van der Waals surface area contributed by atoms with E-state index in [9.17, 15) is 0 Å². The van der Waals surface area contributed by atoms with Gasteiger partial charge in [-0.15, -0.1) is 0 Å². The van der Waals surface area contributed by atoms with Crippen molar-refractivity contribution in [2.45, 2.75) is 80.1 Å². The van der Waals surface area contributed by atoms with Gasteiger partial charge in [-0.2, -0.15) is 0 Å². The molecule has 2 heterocycles. The third-order valence-corrected chi connectivity index (χ3v) is 5.63. The van der Waals surface area contributed by atoms with E-state index in [4.69, 9.17) is 9.97 Å². The van der Waals surface area contributed by atoms with Crippen LogP contribution in [-0.2, 0) is 12.8 Å². The number of aromatic nitrogens is 2. The number of pyridine rings is 2. The molecule has 0 aromatic carbocycles. The maximum atomic E-state index is 5.20. The van der Waals surface area contributed by atoms with Crippen LogP contribution < -0.4 is 4.90 Å². The summed E-state index contributed by atoms with van der Waals surface area (Å²) < 4.78 is 0. The Morgan fingerprint density at radius 3 is 2.32 bits per heavy atom. The quantitative estimate of drug-likeness (QED) is 0.492. The van der Waals surface area contributed by atoms with Gasteiger partial charge in [-0.3, -0.25) is 4.98 Å². The van der Waals surface area contributed by atoms with Crippen LogP contribution in [0.4, 0.5) is 5.82 Å². The highest BCUT2D eigenvalue weighted by molar-refractivity contribution is 5.69. The monoisotopic (exact) mass is 381 g/mol. The molecular formula is C25H39N3. The summed E-state index contributed by atoms with van der Waals surface area (Å²) in [5.74, 6) is 2.25. The Morgan fingerprint density at radius 2 is 1.75 bits per heavy atom. The first-order valence-electron chi connectivity index (χ1n) is 11.0. The molecule has 0 bridgehead atoms. The summed E-state index contributed by atoms with van der Waals surface area (Å²) >= 11 is 0. The van der Waals surface area contributed by atoms with Gasteiger partial charge in [-0.25, -0.2) is 4.98 Å². The minimum atomic E-state index is 0.442. The molecular weight excluding hydrogens is 342 g/mol. The highest BCUT2D eigenvalue weighted by atomic mass is 15.2. The van der Waals surface area contributed by atoms with Crippen molar-refractivity contribution in [1.29, 1.82) is 0 Å². The molecule has 0 aliphatic carbocycles. The fourth-order valence-corrected chi connectivity index (χ4v) is 3.86. The second-order valence-electron chi connectivity index (χ2n) is 8.49. The Morgan fingerprint density at radius 1 is 1.04 bits per heavy atom. The van der Waals surface area contributed by atoms with E-state index >= 15 is 0 Å². The summed E-state index contributed by atoms with van der Waals surface area (Å²) in [5, 5.41) is 0. The van der Waals surface area contributed by atoms with Crippen LogP contribution in [0.15, 0.2) is 18.2 Å². The number of nitrogens with zero attached hydrogens (tertiary/aromatic N) is 3. The SMILES string of the molecule is CCCC(C)Cc1cc(C)c(-c2ccc(C(C)C)nc2CC)nc1N(C)CC. The lowest BCUT2D eigenvalue weighted by molar-refractivity contribution is 0.521. The third-order valence-electron chi connectivity index (χ3n) is 5.63. The normalized spacial score (nSPS) is 12.5. The molecule has 0 radical (unpaired) electrons. The van der Waals surface area contributed by atoms with Crippen molar-refractivity contribution in [3.8, 4) is 11.3 Å². The number of hydrogen-bond acceptors (Lipinski definition) is 3. The Hall–Kier alpha value is -1.90. The Labute approximate surface area is 172 Å². The first-order chi connectivity index (χ1) is 13.3. The molecule has 0 N–H and O–H groups in total. The van der Waals surface area contributed by atoms with Crippen molar-refractivity contribution in [3.63, 3.8) is 0 Å². The van der Waals surface area contributed by atoms with Gasteiger partial charge < -0.3 is 4.90 Å². The minimum Gasteiger partial charge on any atom is -0.360 e. The summed E-state index contributed by atoms with van der Waals surface area (Å²) in [7, 11) is 2.15. The van der Waals surface area contributed by atoms with E-state index in [1.54, 1.807) is 0 Å². The van der Waals surface area contributed by atoms with Gasteiger partial charge in [0.2, 0.25) is 0 Å². The molecule has 0 spiro atoms. The minimum absolute atomic E-state index is 0.442. The lowest BCUT2D eigenvalue weighted by Crippen LogP contribution is -2.20. The third kappa shape index (κ3) is 5.12. The summed E-state index contributed by atoms with van der Waals surface area (Å²) in [6, 6.07) is 6.76. The molecule has 3 heteroatoms. The average Bonchev–Trinajstić information content (AvgIpc) is 2.67. The van der Waals surface area contributed by atoms with E-state index in [0.29, 0.717) is 11.8 Å². The predicted octanol–water partition coefficient (Wildman–Crippen LogP) is 6.57. The van der Waals surface area contributed by atoms with Gasteiger partial charge in [0.1, 0.15) is 5.82 Å². The molecule has 154 valence electrons. The molecule has 0 amide bonds. The standard InChI is InChI=1S/C25H39N3/c1-9-12-18(6)15-20-16-19(7)24(27-25(20)28(8)11-3)21-13-14-23(17(4)5)26-22(21)10-2/h13-14,16-18H,9-12,15H2,1-8H3. The van der Waals surface area contributed by atoms with Crippen LogP contribution in [0.2, 0.25) is 0 Å². The van der Waals surface area contributed by atoms with Gasteiger partial charge in [0.25, 0.3) is 0 Å². The van der Waals surface area contributed by atoms with E-state index in [-0.39, 0.29) is 0 Å². The number of hydrogen-bond donors (Lipinski definition) is 0. The van der Waals surface area contributed by atoms with E-state index in [0.717, 1.165) is 42.3 Å². The van der Waals surface area contributed by atoms with E-state index in [1.807, 2.05) is 0 Å². The van der Waals surface area contributed by atoms with Crippen LogP contribution in [-0.4, -0.2) is 23.6 Å². The highest BCUT2D eigenvalue weighted by Gasteiger charge is 2.18. The summed E-state index contributed by atoms with van der Waals surface area (Å²) in [4.78, 5) is 12.4.